The number of carbonyl (C=O) groups excluding carboxylic acids is 3. The molecule has 1 aromatic heterocycles. The molecule has 0 aromatic carbocycles. The van der Waals surface area contributed by atoms with Gasteiger partial charge in [0.05, 0.1) is 13.7 Å². The molecular weight excluding hydrogens is 320 g/mol. The largest absolute Gasteiger partial charge is 0.464 e. The van der Waals surface area contributed by atoms with Crippen LogP contribution in [0.5, 0.6) is 0 Å². The lowest BCUT2D eigenvalue weighted by molar-refractivity contribution is -0.130. The maximum absolute atomic E-state index is 12.9. The number of aromatic nitrogens is 1. The van der Waals surface area contributed by atoms with Crippen molar-refractivity contribution in [2.75, 3.05) is 20.2 Å². The summed E-state index contributed by atoms with van der Waals surface area (Å²) in [5, 5.41) is 0. The van der Waals surface area contributed by atoms with Gasteiger partial charge in [-0.15, -0.1) is 0 Å². The standard InChI is InChI=1S/C19H30N2O4/c1-8-16(23)21(10-9-12(2)3)11-15(22)17-13(4)18(19(24)25-7)20(6)14(17)5/h12H,8-11H2,1-7H3. The van der Waals surface area contributed by atoms with E-state index in [1.165, 1.54) is 7.11 Å². The Morgan fingerprint density at radius 1 is 1.20 bits per heavy atom. The van der Waals surface area contributed by atoms with Crippen molar-refractivity contribution < 1.29 is 19.1 Å². The summed E-state index contributed by atoms with van der Waals surface area (Å²) >= 11 is 0. The van der Waals surface area contributed by atoms with Crippen molar-refractivity contribution in [3.63, 3.8) is 0 Å². The number of hydrogen-bond acceptors (Lipinski definition) is 4. The van der Waals surface area contributed by atoms with Crippen molar-refractivity contribution in [1.29, 1.82) is 0 Å². The Morgan fingerprint density at radius 2 is 1.80 bits per heavy atom. The molecule has 0 saturated heterocycles. The van der Waals surface area contributed by atoms with Crippen molar-refractivity contribution in [3.8, 4) is 0 Å². The van der Waals surface area contributed by atoms with E-state index in [0.717, 1.165) is 6.42 Å². The summed E-state index contributed by atoms with van der Waals surface area (Å²) < 4.78 is 6.49. The molecule has 25 heavy (non-hydrogen) atoms. The number of ether oxygens (including phenoxy) is 1. The van der Waals surface area contributed by atoms with Crippen LogP contribution in [-0.2, 0) is 16.6 Å². The van der Waals surface area contributed by atoms with Gasteiger partial charge in [-0.1, -0.05) is 20.8 Å². The van der Waals surface area contributed by atoms with Crippen LogP contribution in [0, 0.1) is 19.8 Å². The van der Waals surface area contributed by atoms with Crippen LogP contribution >= 0.6 is 0 Å². The van der Waals surface area contributed by atoms with Crippen LogP contribution in [0.4, 0.5) is 0 Å². The number of hydrogen-bond donors (Lipinski definition) is 0. The summed E-state index contributed by atoms with van der Waals surface area (Å²) in [6, 6.07) is 0. The Hall–Kier alpha value is -2.11. The predicted molar refractivity (Wildman–Crippen MR) is 96.9 cm³/mol. The van der Waals surface area contributed by atoms with E-state index in [4.69, 9.17) is 4.74 Å². The quantitative estimate of drug-likeness (QED) is 0.534. The van der Waals surface area contributed by atoms with Crippen LogP contribution in [-0.4, -0.2) is 47.3 Å². The van der Waals surface area contributed by atoms with E-state index in [2.05, 4.69) is 13.8 Å². The van der Waals surface area contributed by atoms with E-state index in [1.54, 1.807) is 37.3 Å². The third-order valence-electron chi connectivity index (χ3n) is 4.55. The summed E-state index contributed by atoms with van der Waals surface area (Å²) in [5.41, 5.74) is 2.18. The van der Waals surface area contributed by atoms with Crippen molar-refractivity contribution in [2.24, 2.45) is 13.0 Å². The average molecular weight is 350 g/mol. The third-order valence-corrected chi connectivity index (χ3v) is 4.55. The van der Waals surface area contributed by atoms with E-state index in [1.807, 2.05) is 0 Å². The van der Waals surface area contributed by atoms with Crippen LogP contribution in [0.2, 0.25) is 0 Å². The first-order valence-corrected chi connectivity index (χ1v) is 8.70. The highest BCUT2D eigenvalue weighted by Crippen LogP contribution is 2.23. The van der Waals surface area contributed by atoms with Crippen molar-refractivity contribution in [1.82, 2.24) is 9.47 Å². The molecular formula is C19H30N2O4. The SMILES string of the molecule is CCC(=O)N(CCC(C)C)CC(=O)c1c(C)c(C(=O)OC)n(C)c1C. The van der Waals surface area contributed by atoms with Crippen LogP contribution < -0.4 is 0 Å². The number of Topliss-reactive ketones (excluding diaryl/α,β-unsaturated/α-hetero) is 1. The lowest BCUT2D eigenvalue weighted by atomic mass is 10.0. The van der Waals surface area contributed by atoms with Crippen LogP contribution in [0.25, 0.3) is 0 Å². The number of amides is 1. The van der Waals surface area contributed by atoms with Gasteiger partial charge in [-0.3, -0.25) is 9.59 Å². The number of esters is 1. The summed E-state index contributed by atoms with van der Waals surface area (Å²) in [6.45, 7) is 10.1. The molecule has 0 aliphatic rings. The zero-order valence-corrected chi connectivity index (χ0v) is 16.4. The predicted octanol–water partition coefficient (Wildman–Crippen LogP) is 2.90. The van der Waals surface area contributed by atoms with Gasteiger partial charge in [-0.05, 0) is 31.7 Å². The molecule has 0 aliphatic carbocycles. The maximum atomic E-state index is 12.9. The fraction of sp³-hybridized carbons (Fsp3) is 0.632. The fourth-order valence-corrected chi connectivity index (χ4v) is 2.96. The van der Waals surface area contributed by atoms with Gasteiger partial charge in [0.1, 0.15) is 5.69 Å². The molecule has 0 radical (unpaired) electrons. The van der Waals surface area contributed by atoms with E-state index >= 15 is 0 Å². The number of ketones is 1. The number of rotatable bonds is 8. The second-order valence-electron chi connectivity index (χ2n) is 6.76. The molecule has 1 aromatic rings. The molecule has 140 valence electrons. The van der Waals surface area contributed by atoms with Gasteiger partial charge in [-0.2, -0.15) is 0 Å². The molecule has 6 nitrogen and oxygen atoms in total. The summed E-state index contributed by atoms with van der Waals surface area (Å²) in [7, 11) is 3.05. The van der Waals surface area contributed by atoms with Crippen LogP contribution in [0.3, 0.4) is 0 Å². The lowest BCUT2D eigenvalue weighted by Crippen LogP contribution is -2.36. The fourth-order valence-electron chi connectivity index (χ4n) is 2.96. The van der Waals surface area contributed by atoms with Crippen molar-refractivity contribution in [2.45, 2.75) is 47.5 Å². The Kier molecular flexibility index (Phi) is 7.39. The average Bonchev–Trinajstić information content (AvgIpc) is 2.79. The molecule has 1 amide bonds. The van der Waals surface area contributed by atoms with Gasteiger partial charge in [-0.25, -0.2) is 4.79 Å². The molecule has 1 rings (SSSR count). The minimum atomic E-state index is -0.469. The third kappa shape index (κ3) is 4.71. The van der Waals surface area contributed by atoms with Crippen LogP contribution in [0.15, 0.2) is 0 Å². The summed E-state index contributed by atoms with van der Waals surface area (Å²) in [6.07, 6.45) is 1.21. The Bertz CT molecular complexity index is 659. The normalized spacial score (nSPS) is 10.9. The van der Waals surface area contributed by atoms with E-state index in [9.17, 15) is 14.4 Å². The van der Waals surface area contributed by atoms with Crippen LogP contribution in [0.1, 0.15) is 65.7 Å². The maximum Gasteiger partial charge on any atom is 0.354 e. The first-order chi connectivity index (χ1) is 11.6. The molecule has 0 saturated carbocycles. The molecule has 0 N–H and O–H groups in total. The topological polar surface area (TPSA) is 68.6 Å². The zero-order valence-electron chi connectivity index (χ0n) is 16.4. The molecule has 0 unspecified atom stereocenters. The molecule has 0 spiro atoms. The highest BCUT2D eigenvalue weighted by Gasteiger charge is 2.27. The van der Waals surface area contributed by atoms with E-state index in [-0.39, 0.29) is 18.2 Å². The molecule has 0 aliphatic heterocycles. The highest BCUT2D eigenvalue weighted by atomic mass is 16.5. The first-order valence-electron chi connectivity index (χ1n) is 8.70. The van der Waals surface area contributed by atoms with Gasteiger partial charge in [0.2, 0.25) is 5.91 Å². The van der Waals surface area contributed by atoms with Gasteiger partial charge in [0.25, 0.3) is 0 Å². The Labute approximate surface area is 150 Å². The lowest BCUT2D eigenvalue weighted by Gasteiger charge is -2.22. The monoisotopic (exact) mass is 350 g/mol. The minimum Gasteiger partial charge on any atom is -0.464 e. The van der Waals surface area contributed by atoms with Crippen molar-refractivity contribution >= 4 is 17.7 Å². The number of methoxy groups -OCH3 is 1. The minimum absolute atomic E-state index is 0.0334. The Morgan fingerprint density at radius 3 is 2.28 bits per heavy atom. The molecule has 6 heteroatoms. The Balaban J connectivity index is 3.13. The molecule has 0 atom stereocenters. The first kappa shape index (κ1) is 20.9. The van der Waals surface area contributed by atoms with E-state index in [0.29, 0.717) is 41.4 Å². The van der Waals surface area contributed by atoms with Gasteiger partial charge in [0.15, 0.2) is 5.78 Å². The second-order valence-corrected chi connectivity index (χ2v) is 6.76. The highest BCUT2D eigenvalue weighted by molar-refractivity contribution is 6.04. The molecule has 0 bridgehead atoms. The van der Waals surface area contributed by atoms with Crippen molar-refractivity contribution in [3.05, 3.63) is 22.5 Å². The molecule has 0 fully saturated rings. The molecule has 1 heterocycles. The smallest absolute Gasteiger partial charge is 0.354 e. The van der Waals surface area contributed by atoms with Gasteiger partial charge < -0.3 is 14.2 Å². The number of carbonyl (C=O) groups is 3. The summed E-state index contributed by atoms with van der Waals surface area (Å²) in [4.78, 5) is 38.7. The van der Waals surface area contributed by atoms with E-state index < -0.39 is 5.97 Å². The summed E-state index contributed by atoms with van der Waals surface area (Å²) in [5.74, 6) is -0.198. The van der Waals surface area contributed by atoms with Gasteiger partial charge in [0, 0.05) is 31.3 Å². The zero-order chi connectivity index (χ0) is 19.3. The number of nitrogens with zero attached hydrogens (tertiary/aromatic N) is 2. The second kappa shape index (κ2) is 8.83. The van der Waals surface area contributed by atoms with Gasteiger partial charge >= 0.3 is 5.97 Å².